The summed E-state index contributed by atoms with van der Waals surface area (Å²) in [6, 6.07) is -1.96. The number of hydrogen-bond donors (Lipinski definition) is 8. The molecule has 6 unspecified atom stereocenters. The van der Waals surface area contributed by atoms with Crippen molar-refractivity contribution >= 4 is 51.2 Å². The summed E-state index contributed by atoms with van der Waals surface area (Å²) in [5.41, 5.74) is 0. The number of carbonyl (C=O) groups is 6. The van der Waals surface area contributed by atoms with Gasteiger partial charge in [0.15, 0.2) is 18.0 Å². The third kappa shape index (κ3) is 60.5. The zero-order chi connectivity index (χ0) is 80.5. The van der Waals surface area contributed by atoms with Crippen LogP contribution in [-0.2, 0) is 84.4 Å². The number of nitrogens with one attached hydrogen (secondary N) is 4. The normalized spacial score (nSPS) is 17.1. The van der Waals surface area contributed by atoms with Crippen molar-refractivity contribution in [1.82, 2.24) is 21.3 Å². The van der Waals surface area contributed by atoms with E-state index >= 15 is 0 Å². The molecule has 1 rings (SSSR count). The molecule has 1 aliphatic rings. The van der Waals surface area contributed by atoms with Gasteiger partial charge in [-0.2, -0.15) is 0 Å². The van der Waals surface area contributed by atoms with Crippen LogP contribution in [0.1, 0.15) is 338 Å². The lowest BCUT2D eigenvalue weighted by atomic mass is 10.1. The zero-order valence-corrected chi connectivity index (χ0v) is 70.4. The number of esters is 2. The van der Waals surface area contributed by atoms with E-state index in [-0.39, 0.29) is 65.2 Å². The van der Waals surface area contributed by atoms with E-state index in [0.29, 0.717) is 51.4 Å². The molecule has 0 spiro atoms. The molecular formula is C81H152N4O22P2. The fourth-order valence-corrected chi connectivity index (χ4v) is 13.8. The molecule has 0 saturated carbocycles. The molecule has 0 aromatic rings. The van der Waals surface area contributed by atoms with Gasteiger partial charge in [-0.1, -0.05) is 220 Å². The van der Waals surface area contributed by atoms with E-state index in [1.54, 1.807) is 0 Å². The smallest absolute Gasteiger partial charge is 0.462 e. The Morgan fingerprint density at radius 1 is 0.404 bits per heavy atom. The Morgan fingerprint density at radius 3 is 1.06 bits per heavy atom. The van der Waals surface area contributed by atoms with Gasteiger partial charge in [0.2, 0.25) is 11.8 Å². The van der Waals surface area contributed by atoms with Gasteiger partial charge in [-0.3, -0.25) is 46.9 Å². The molecule has 28 heteroatoms. The average molecular weight is 1600 g/mol. The van der Waals surface area contributed by atoms with Crippen LogP contribution in [0, 0.1) is 0 Å². The molecule has 638 valence electrons. The lowest BCUT2D eigenvalue weighted by molar-refractivity contribution is -0.159. The van der Waals surface area contributed by atoms with Crippen molar-refractivity contribution in [1.29, 1.82) is 0 Å². The fourth-order valence-electron chi connectivity index (χ4n) is 12.3. The van der Waals surface area contributed by atoms with E-state index in [2.05, 4.69) is 87.1 Å². The molecule has 0 radical (unpaired) electrons. The van der Waals surface area contributed by atoms with Crippen LogP contribution in [0.25, 0.3) is 0 Å². The maximum Gasteiger partial charge on any atom is 0.472 e. The Labute approximate surface area is 656 Å². The van der Waals surface area contributed by atoms with Crippen molar-refractivity contribution in [2.75, 3.05) is 65.9 Å². The second kappa shape index (κ2) is 67.6. The van der Waals surface area contributed by atoms with Crippen molar-refractivity contribution in [3.8, 4) is 0 Å². The number of phosphoric acid groups is 2. The number of amides is 4. The summed E-state index contributed by atoms with van der Waals surface area (Å²) in [7, 11) is -9.74. The van der Waals surface area contributed by atoms with E-state index in [1.807, 2.05) is 0 Å². The second-order valence-corrected chi connectivity index (χ2v) is 32.6. The lowest BCUT2D eigenvalue weighted by Crippen LogP contribution is -2.48. The zero-order valence-electron chi connectivity index (χ0n) is 68.6. The maximum absolute atomic E-state index is 13.7. The fraction of sp³-hybridized carbons (Fsp3) is 0.877. The number of unbranched alkanes of at least 4 members (excludes halogenated alkanes) is 26. The molecule has 1 aliphatic heterocycles. The van der Waals surface area contributed by atoms with Gasteiger partial charge in [0, 0.05) is 39.1 Å². The monoisotopic (exact) mass is 1600 g/mol. The Hall–Kier alpha value is -3.72. The highest BCUT2D eigenvalue weighted by Gasteiger charge is 2.49. The van der Waals surface area contributed by atoms with E-state index < -0.39 is 132 Å². The first kappa shape index (κ1) is 103. The van der Waals surface area contributed by atoms with Crippen LogP contribution >= 0.6 is 15.6 Å². The SMILES string of the molecule is CCCCCCC=CCCCC(=O)O[C@H](CCCCCCC)CC(=O)NC(COCC[C@H](O)CCCCCCC)COP(=O)(O)OCCNC(=O)C1OC(C)(C)OC1C(=O)NCCOP(=O)(O)OCC(COCC[C@H](O)CCCCCCC)NC(=O)C[C@@H](CCCCCCC)OC(=O)CCCC=CCCCCCC. The van der Waals surface area contributed by atoms with Crippen molar-refractivity contribution in [2.24, 2.45) is 0 Å². The van der Waals surface area contributed by atoms with Crippen LogP contribution in [-0.4, -0.2) is 176 Å². The average Bonchev–Trinajstić information content (AvgIpc) is 1.66. The molecule has 1 fully saturated rings. The summed E-state index contributed by atoms with van der Waals surface area (Å²) in [5.74, 6) is -4.91. The number of hydrogen-bond acceptors (Lipinski definition) is 20. The second-order valence-electron chi connectivity index (χ2n) is 29.7. The summed E-state index contributed by atoms with van der Waals surface area (Å²) in [5, 5.41) is 31.9. The van der Waals surface area contributed by atoms with Crippen LogP contribution in [0.2, 0.25) is 0 Å². The Balaban J connectivity index is 3.04. The van der Waals surface area contributed by atoms with Crippen LogP contribution in [0.5, 0.6) is 0 Å². The number of allylic oxidation sites excluding steroid dienone is 4. The number of phosphoric ester groups is 2. The first-order valence-electron chi connectivity index (χ1n) is 42.4. The molecule has 1 saturated heterocycles. The molecule has 109 heavy (non-hydrogen) atoms. The van der Waals surface area contributed by atoms with E-state index in [9.17, 15) is 57.9 Å². The van der Waals surface area contributed by atoms with E-state index in [1.165, 1.54) is 52.4 Å². The van der Waals surface area contributed by atoms with Gasteiger partial charge in [-0.25, -0.2) is 9.13 Å². The summed E-state index contributed by atoms with van der Waals surface area (Å²) in [6.45, 7) is 12.8. The van der Waals surface area contributed by atoms with Gasteiger partial charge in [0.25, 0.3) is 11.8 Å². The van der Waals surface area contributed by atoms with Crippen LogP contribution in [0.15, 0.2) is 24.3 Å². The molecule has 26 nitrogen and oxygen atoms in total. The predicted molar refractivity (Wildman–Crippen MR) is 426 cm³/mol. The number of rotatable bonds is 76. The minimum Gasteiger partial charge on any atom is -0.462 e. The van der Waals surface area contributed by atoms with Gasteiger partial charge in [-0.15, -0.1) is 0 Å². The van der Waals surface area contributed by atoms with Crippen molar-refractivity contribution in [2.45, 2.75) is 392 Å². The minimum atomic E-state index is -4.87. The Morgan fingerprint density at radius 2 is 0.716 bits per heavy atom. The quantitative estimate of drug-likeness (QED) is 0.0121. The van der Waals surface area contributed by atoms with Crippen LogP contribution in [0.4, 0.5) is 0 Å². The highest BCUT2D eigenvalue weighted by molar-refractivity contribution is 7.47. The van der Waals surface area contributed by atoms with Crippen molar-refractivity contribution in [3.63, 3.8) is 0 Å². The third-order valence-corrected chi connectivity index (χ3v) is 20.6. The van der Waals surface area contributed by atoms with Gasteiger partial charge < -0.3 is 69.7 Å². The van der Waals surface area contributed by atoms with Crippen molar-refractivity contribution in [3.05, 3.63) is 24.3 Å². The molecule has 8 N–H and O–H groups in total. The molecular weight excluding hydrogens is 1440 g/mol. The first-order chi connectivity index (χ1) is 52.4. The first-order valence-corrected chi connectivity index (χ1v) is 45.3. The summed E-state index contributed by atoms with van der Waals surface area (Å²) >= 11 is 0. The number of aliphatic hydroxyl groups excluding tert-OH is 2. The highest BCUT2D eigenvalue weighted by Crippen LogP contribution is 2.44. The topological polar surface area (TPSA) is 358 Å². The molecule has 0 aliphatic carbocycles. The van der Waals surface area contributed by atoms with Gasteiger partial charge in [0.1, 0.15) is 12.2 Å². The summed E-state index contributed by atoms with van der Waals surface area (Å²) in [6.07, 6.45) is 39.9. The van der Waals surface area contributed by atoms with Gasteiger partial charge >= 0.3 is 27.6 Å². The number of ether oxygens (including phenoxy) is 6. The molecule has 10 atom stereocenters. The number of aliphatic hydroxyl groups is 2. The molecule has 4 amide bonds. The number of carbonyl (C=O) groups excluding carboxylic acids is 6. The Kier molecular flexibility index (Phi) is 64.1. The van der Waals surface area contributed by atoms with E-state index in [4.69, 9.17) is 46.5 Å². The van der Waals surface area contributed by atoms with Gasteiger partial charge in [0.05, 0.1) is 76.8 Å². The van der Waals surface area contributed by atoms with Crippen LogP contribution in [0.3, 0.4) is 0 Å². The van der Waals surface area contributed by atoms with Crippen molar-refractivity contribution < 1.29 is 104 Å². The molecule has 1 heterocycles. The summed E-state index contributed by atoms with van der Waals surface area (Å²) < 4.78 is 82.9. The molecule has 0 aromatic heterocycles. The highest BCUT2D eigenvalue weighted by atomic mass is 31.2. The lowest BCUT2D eigenvalue weighted by Gasteiger charge is -2.23. The van der Waals surface area contributed by atoms with Crippen LogP contribution < -0.4 is 21.3 Å². The van der Waals surface area contributed by atoms with Gasteiger partial charge in [-0.05, 0) is 117 Å². The van der Waals surface area contributed by atoms with E-state index in [0.717, 1.165) is 167 Å². The standard InChI is InChI=1S/C81H152N4O22P2/c1-9-15-21-27-29-31-33-39-45-51-75(90)104-71(49-43-37-25-19-13-5)61-73(88)84-67(63-98-57-53-69(86)47-41-35-23-17-11-3)65-102-108(94,95)100-59-55-82-79(92)77-78(107-81(7,8)106-77)80(93)83-56-60-101-109(96,97)103-66-68(64-99-58-54-70(87)48-42-36-24-18-12-4)85-74(89)62-72(50-44-38-26-20-14-6)105-76(91)52-46-40-34-32-30-28-22-16-10-2/h31-34,67-72,77-78,86-87H,9-30,35-66H2,1-8H3,(H,82,92)(H,83,93)(H,84,88)(H,85,89)(H,94,95)(H,96,97)/t67?,68?,69-,70-,71-,72-,77?,78?/m1/s1. The molecule has 0 bridgehead atoms. The maximum atomic E-state index is 13.7. The largest absolute Gasteiger partial charge is 0.472 e. The molecule has 0 aromatic carbocycles. The third-order valence-electron chi connectivity index (χ3n) is 18.6. The minimum absolute atomic E-state index is 0.132. The predicted octanol–water partition coefficient (Wildman–Crippen LogP) is 16.0. The summed E-state index contributed by atoms with van der Waals surface area (Å²) in [4.78, 5) is 103. The Bertz CT molecular complexity index is 2320.